The summed E-state index contributed by atoms with van der Waals surface area (Å²) in [5.74, 6) is 0.446. The van der Waals surface area contributed by atoms with Crippen molar-refractivity contribution in [2.24, 2.45) is 5.92 Å². The fourth-order valence-corrected chi connectivity index (χ4v) is 4.03. The maximum Gasteiger partial charge on any atom is 0.255 e. The molecule has 0 atom stereocenters. The second-order valence-electron chi connectivity index (χ2n) is 7.01. The smallest absolute Gasteiger partial charge is 0.255 e. The van der Waals surface area contributed by atoms with Crippen molar-refractivity contribution in [3.63, 3.8) is 0 Å². The van der Waals surface area contributed by atoms with Crippen LogP contribution in [-0.2, 0) is 6.42 Å². The summed E-state index contributed by atoms with van der Waals surface area (Å²) in [5.41, 5.74) is 2.81. The lowest BCUT2D eigenvalue weighted by atomic mass is 10.1. The minimum Gasteiger partial charge on any atom is -0.338 e. The number of aromatic nitrogens is 2. The van der Waals surface area contributed by atoms with Gasteiger partial charge in [0.05, 0.1) is 16.3 Å². The van der Waals surface area contributed by atoms with Crippen LogP contribution in [0.5, 0.6) is 0 Å². The average Bonchev–Trinajstić information content (AvgIpc) is 3.06. The first kappa shape index (κ1) is 19.2. The van der Waals surface area contributed by atoms with Gasteiger partial charge in [0, 0.05) is 42.3 Å². The van der Waals surface area contributed by atoms with Gasteiger partial charge in [-0.15, -0.1) is 11.3 Å². The van der Waals surface area contributed by atoms with Crippen LogP contribution in [0.4, 0.5) is 0 Å². The van der Waals surface area contributed by atoms with E-state index < -0.39 is 0 Å². The van der Waals surface area contributed by atoms with Crippen LogP contribution in [0.15, 0.2) is 54.9 Å². The fraction of sp³-hybridized carbons (Fsp3) is 0.318. The third-order valence-corrected chi connectivity index (χ3v) is 5.27. The third kappa shape index (κ3) is 5.01. The normalized spacial score (nSPS) is 11.0. The minimum atomic E-state index is 0.0410. The van der Waals surface area contributed by atoms with Gasteiger partial charge in [0.25, 0.3) is 5.91 Å². The van der Waals surface area contributed by atoms with Crippen molar-refractivity contribution in [2.45, 2.75) is 27.2 Å². The topological polar surface area (TPSA) is 46.1 Å². The maximum atomic E-state index is 12.9. The summed E-state index contributed by atoms with van der Waals surface area (Å²) >= 11 is 1.72. The van der Waals surface area contributed by atoms with Crippen LogP contribution in [0, 0.1) is 12.8 Å². The molecule has 3 rings (SSSR count). The van der Waals surface area contributed by atoms with E-state index in [0.717, 1.165) is 29.2 Å². The molecule has 0 fully saturated rings. The first-order chi connectivity index (χ1) is 13.0. The Bertz CT molecular complexity index is 875. The molecule has 4 nitrogen and oxygen atoms in total. The van der Waals surface area contributed by atoms with Crippen LogP contribution >= 0.6 is 11.3 Å². The number of benzene rings is 1. The average molecular weight is 380 g/mol. The zero-order valence-corrected chi connectivity index (χ0v) is 16.9. The van der Waals surface area contributed by atoms with Crippen molar-refractivity contribution in [1.29, 1.82) is 0 Å². The lowest BCUT2D eigenvalue weighted by Gasteiger charge is -2.24. The van der Waals surface area contributed by atoms with Gasteiger partial charge in [-0.25, -0.2) is 4.98 Å². The quantitative estimate of drug-likeness (QED) is 0.589. The van der Waals surface area contributed by atoms with E-state index in [0.29, 0.717) is 18.0 Å². The van der Waals surface area contributed by atoms with Gasteiger partial charge in [0.1, 0.15) is 0 Å². The maximum absolute atomic E-state index is 12.9. The third-order valence-electron chi connectivity index (χ3n) is 4.24. The summed E-state index contributed by atoms with van der Waals surface area (Å²) in [6, 6.07) is 13.9. The molecule has 0 aliphatic rings. The summed E-state index contributed by atoms with van der Waals surface area (Å²) < 4.78 is 0. The molecule has 0 radical (unpaired) electrons. The van der Waals surface area contributed by atoms with Gasteiger partial charge in [-0.3, -0.25) is 9.78 Å². The molecule has 2 heterocycles. The number of rotatable bonds is 7. The van der Waals surface area contributed by atoms with Gasteiger partial charge in [-0.05, 0) is 25.0 Å². The summed E-state index contributed by atoms with van der Waals surface area (Å²) in [5, 5.41) is 1.05. The van der Waals surface area contributed by atoms with E-state index in [1.165, 1.54) is 4.88 Å². The lowest BCUT2D eigenvalue weighted by Crippen LogP contribution is -2.36. The fourth-order valence-electron chi connectivity index (χ4n) is 3.09. The molecule has 0 N–H and O–H groups in total. The van der Waals surface area contributed by atoms with Crippen LogP contribution in [0.3, 0.4) is 0 Å². The number of carbonyl (C=O) groups excluding carboxylic acids is 1. The van der Waals surface area contributed by atoms with E-state index in [4.69, 9.17) is 4.98 Å². The Hall–Kier alpha value is -2.53. The first-order valence-electron chi connectivity index (χ1n) is 9.25. The van der Waals surface area contributed by atoms with Gasteiger partial charge in [0.15, 0.2) is 0 Å². The molecule has 0 saturated heterocycles. The number of carbonyl (C=O) groups is 1. The summed E-state index contributed by atoms with van der Waals surface area (Å²) in [6.07, 6.45) is 4.13. The molecule has 0 aliphatic heterocycles. The Labute approximate surface area is 164 Å². The van der Waals surface area contributed by atoms with Crippen molar-refractivity contribution in [1.82, 2.24) is 14.9 Å². The molecule has 3 aromatic rings. The zero-order valence-electron chi connectivity index (χ0n) is 16.1. The van der Waals surface area contributed by atoms with E-state index in [-0.39, 0.29) is 5.91 Å². The number of pyridine rings is 1. The molecular weight excluding hydrogens is 354 g/mol. The standard InChI is InChI=1S/C22H25N3OS/c1-16(2)15-25(22(26)19-10-7-12-23-14-19)13-11-20-21(24-17(3)27-20)18-8-5-4-6-9-18/h4-10,12,14,16H,11,13,15H2,1-3H3. The van der Waals surface area contributed by atoms with Crippen LogP contribution in [0.2, 0.25) is 0 Å². The molecule has 0 saturated carbocycles. The van der Waals surface area contributed by atoms with E-state index in [9.17, 15) is 4.79 Å². The van der Waals surface area contributed by atoms with Gasteiger partial charge < -0.3 is 4.90 Å². The molecular formula is C22H25N3OS. The van der Waals surface area contributed by atoms with Gasteiger partial charge >= 0.3 is 0 Å². The van der Waals surface area contributed by atoms with Crippen LogP contribution in [0.1, 0.15) is 34.1 Å². The van der Waals surface area contributed by atoms with Gasteiger partial charge in [-0.2, -0.15) is 0 Å². The highest BCUT2D eigenvalue weighted by molar-refractivity contribution is 7.12. The Morgan fingerprint density at radius 1 is 1.15 bits per heavy atom. The molecule has 1 amide bonds. The predicted molar refractivity (Wildman–Crippen MR) is 111 cm³/mol. The van der Waals surface area contributed by atoms with E-state index in [1.807, 2.05) is 36.1 Å². The largest absolute Gasteiger partial charge is 0.338 e. The zero-order chi connectivity index (χ0) is 19.2. The molecule has 2 aromatic heterocycles. The summed E-state index contributed by atoms with van der Waals surface area (Å²) in [7, 11) is 0. The molecule has 0 bridgehead atoms. The Morgan fingerprint density at radius 3 is 2.59 bits per heavy atom. The molecule has 0 unspecified atom stereocenters. The minimum absolute atomic E-state index is 0.0410. The molecule has 0 aliphatic carbocycles. The monoisotopic (exact) mass is 379 g/mol. The molecule has 1 aromatic carbocycles. The van der Waals surface area contributed by atoms with E-state index >= 15 is 0 Å². The highest BCUT2D eigenvalue weighted by Gasteiger charge is 2.19. The molecule has 140 valence electrons. The summed E-state index contributed by atoms with van der Waals surface area (Å²) in [4.78, 5) is 24.9. The first-order valence-corrected chi connectivity index (χ1v) is 10.1. The Balaban J connectivity index is 1.79. The van der Waals surface area contributed by atoms with E-state index in [1.54, 1.807) is 29.8 Å². The van der Waals surface area contributed by atoms with E-state index in [2.05, 4.69) is 31.0 Å². The number of amides is 1. The number of thiazole rings is 1. The van der Waals surface area contributed by atoms with Crippen molar-refractivity contribution in [2.75, 3.05) is 13.1 Å². The van der Waals surface area contributed by atoms with Crippen molar-refractivity contribution < 1.29 is 4.79 Å². The van der Waals surface area contributed by atoms with Crippen LogP contribution in [0.25, 0.3) is 11.3 Å². The second-order valence-corrected chi connectivity index (χ2v) is 8.30. The van der Waals surface area contributed by atoms with Crippen molar-refractivity contribution in [3.8, 4) is 11.3 Å². The number of aryl methyl sites for hydroxylation is 1. The van der Waals surface area contributed by atoms with Crippen LogP contribution in [-0.4, -0.2) is 33.9 Å². The number of nitrogens with zero attached hydrogens (tertiary/aromatic N) is 3. The molecule has 0 spiro atoms. The number of hydrogen-bond acceptors (Lipinski definition) is 4. The highest BCUT2D eigenvalue weighted by Crippen LogP contribution is 2.28. The van der Waals surface area contributed by atoms with Crippen molar-refractivity contribution in [3.05, 3.63) is 70.3 Å². The SMILES string of the molecule is Cc1nc(-c2ccccc2)c(CCN(CC(C)C)C(=O)c2cccnc2)s1. The highest BCUT2D eigenvalue weighted by atomic mass is 32.1. The van der Waals surface area contributed by atoms with Gasteiger partial charge in [-0.1, -0.05) is 44.2 Å². The Kier molecular flexibility index (Phi) is 6.35. The Morgan fingerprint density at radius 2 is 1.93 bits per heavy atom. The molecule has 27 heavy (non-hydrogen) atoms. The second kappa shape index (κ2) is 8.91. The molecule has 5 heteroatoms. The van der Waals surface area contributed by atoms with Crippen molar-refractivity contribution >= 4 is 17.2 Å². The summed E-state index contributed by atoms with van der Waals surface area (Å²) in [6.45, 7) is 7.71. The lowest BCUT2D eigenvalue weighted by molar-refractivity contribution is 0.0738. The van der Waals surface area contributed by atoms with Crippen LogP contribution < -0.4 is 0 Å². The van der Waals surface area contributed by atoms with Gasteiger partial charge in [0.2, 0.25) is 0 Å². The number of hydrogen-bond donors (Lipinski definition) is 0. The predicted octanol–water partition coefficient (Wildman–Crippen LogP) is 4.85.